The molecule has 2 atom stereocenters. The molecule has 1 fully saturated rings. The predicted octanol–water partition coefficient (Wildman–Crippen LogP) is 3.35. The molecule has 2 aliphatic rings. The number of nitrogens with one attached hydrogen (secondary N) is 1. The molecule has 32 heavy (non-hydrogen) atoms. The number of amides is 1. The average molecular weight is 478 g/mol. The minimum atomic E-state index is -3.67. The number of carbonyl (C=O) groups is 2. The lowest BCUT2D eigenvalue weighted by Crippen LogP contribution is -2.48. The van der Waals surface area contributed by atoms with E-state index in [0.717, 1.165) is 5.69 Å². The minimum absolute atomic E-state index is 0.0514. The third-order valence-corrected chi connectivity index (χ3v) is 8.50. The van der Waals surface area contributed by atoms with E-state index in [2.05, 4.69) is 10.3 Å². The normalized spacial score (nSPS) is 23.6. The van der Waals surface area contributed by atoms with Crippen LogP contribution in [-0.4, -0.2) is 54.7 Å². The summed E-state index contributed by atoms with van der Waals surface area (Å²) in [5.74, 6) is -0.351. The molecule has 1 aliphatic carbocycles. The summed E-state index contributed by atoms with van der Waals surface area (Å²) in [7, 11) is -3.67. The number of fused-ring (bicyclic) bond motifs is 1. The number of rotatable bonds is 4. The Morgan fingerprint density at radius 1 is 1.16 bits per heavy atom. The van der Waals surface area contributed by atoms with Gasteiger partial charge in [-0.3, -0.25) is 14.9 Å². The number of hydrogen-bond acceptors (Lipinski definition) is 7. The Kier molecular flexibility index (Phi) is 6.00. The summed E-state index contributed by atoms with van der Waals surface area (Å²) in [6, 6.07) is 5.84. The van der Waals surface area contributed by atoms with Gasteiger partial charge < -0.3 is 4.74 Å². The molecule has 1 aromatic carbocycles. The van der Waals surface area contributed by atoms with Gasteiger partial charge in [-0.25, -0.2) is 13.4 Å². The van der Waals surface area contributed by atoms with E-state index in [4.69, 9.17) is 4.74 Å². The quantitative estimate of drug-likeness (QED) is 0.724. The van der Waals surface area contributed by atoms with Gasteiger partial charge in [-0.15, -0.1) is 0 Å². The third kappa shape index (κ3) is 4.63. The summed E-state index contributed by atoms with van der Waals surface area (Å²) in [4.78, 5) is 30.2. The zero-order chi connectivity index (χ0) is 23.3. The number of anilines is 1. The van der Waals surface area contributed by atoms with Crippen molar-refractivity contribution in [3.05, 3.63) is 40.4 Å². The first-order valence-corrected chi connectivity index (χ1v) is 12.8. The Hall–Kier alpha value is -2.14. The van der Waals surface area contributed by atoms with Gasteiger partial charge in [0.15, 0.2) is 10.9 Å². The zero-order valence-electron chi connectivity index (χ0n) is 18.5. The van der Waals surface area contributed by atoms with Crippen LogP contribution in [0.3, 0.4) is 0 Å². The summed E-state index contributed by atoms with van der Waals surface area (Å²) in [5.41, 5.74) is 0.894. The second-order valence-electron chi connectivity index (χ2n) is 9.29. The number of aromatic nitrogens is 1. The topological polar surface area (TPSA) is 106 Å². The van der Waals surface area contributed by atoms with Crippen LogP contribution in [0.1, 0.15) is 59.8 Å². The lowest BCUT2D eigenvalue weighted by molar-refractivity contribution is -0.0440. The molecule has 1 N–H and O–H groups in total. The average Bonchev–Trinajstić information content (AvgIpc) is 3.08. The highest BCUT2D eigenvalue weighted by Gasteiger charge is 2.34. The molecule has 8 nitrogen and oxygen atoms in total. The zero-order valence-corrected chi connectivity index (χ0v) is 20.2. The van der Waals surface area contributed by atoms with Gasteiger partial charge in [0.2, 0.25) is 10.0 Å². The number of hydrogen-bond donors (Lipinski definition) is 1. The standard InChI is InChI=1S/C22H27N3O5S2/c1-13-11-25(12-14(2)30-13)32(28,29)16-7-5-15(6-8-16)20(27)24-21-23-17-9-22(3,4)10-18(26)19(17)31-21/h5-8,13-14H,9-12H2,1-4H3,(H,23,24,27). The second kappa shape index (κ2) is 8.33. The van der Waals surface area contributed by atoms with Crippen molar-refractivity contribution in [1.29, 1.82) is 0 Å². The molecule has 2 aromatic rings. The number of morpholine rings is 1. The SMILES string of the molecule is CC1CN(S(=O)(=O)c2ccc(C(=O)Nc3nc4c(s3)C(=O)CC(C)(C)C4)cc2)CC(C)O1. The van der Waals surface area contributed by atoms with Crippen LogP contribution in [0.2, 0.25) is 0 Å². The summed E-state index contributed by atoms with van der Waals surface area (Å²) < 4.78 is 33.0. The molecule has 172 valence electrons. The van der Waals surface area contributed by atoms with Crippen molar-refractivity contribution in [2.45, 2.75) is 57.6 Å². The first-order valence-electron chi connectivity index (χ1n) is 10.5. The van der Waals surface area contributed by atoms with Gasteiger partial charge in [0.25, 0.3) is 5.91 Å². The first kappa shape index (κ1) is 23.0. The lowest BCUT2D eigenvalue weighted by atomic mass is 9.78. The van der Waals surface area contributed by atoms with Crippen LogP contribution in [0.15, 0.2) is 29.2 Å². The van der Waals surface area contributed by atoms with Crippen molar-refractivity contribution in [3.8, 4) is 0 Å². The molecule has 0 spiro atoms. The lowest BCUT2D eigenvalue weighted by Gasteiger charge is -2.34. The fourth-order valence-electron chi connectivity index (χ4n) is 4.20. The van der Waals surface area contributed by atoms with Crippen LogP contribution < -0.4 is 5.32 Å². The fourth-order valence-corrected chi connectivity index (χ4v) is 6.70. The number of thiazole rings is 1. The Bertz CT molecular complexity index is 1140. The van der Waals surface area contributed by atoms with Gasteiger partial charge in [0.1, 0.15) is 0 Å². The molecule has 1 aromatic heterocycles. The van der Waals surface area contributed by atoms with Gasteiger partial charge in [0.05, 0.1) is 27.7 Å². The summed E-state index contributed by atoms with van der Waals surface area (Å²) in [6.07, 6.45) is 0.790. The third-order valence-electron chi connectivity index (χ3n) is 5.60. The highest BCUT2D eigenvalue weighted by atomic mass is 32.2. The Morgan fingerprint density at radius 3 is 2.41 bits per heavy atom. The molecule has 10 heteroatoms. The van der Waals surface area contributed by atoms with E-state index in [-0.39, 0.29) is 28.3 Å². The van der Waals surface area contributed by atoms with Crippen LogP contribution in [0.25, 0.3) is 0 Å². The second-order valence-corrected chi connectivity index (χ2v) is 12.2. The van der Waals surface area contributed by atoms with Crippen LogP contribution in [0.4, 0.5) is 5.13 Å². The van der Waals surface area contributed by atoms with Gasteiger partial charge in [-0.2, -0.15) is 4.31 Å². The number of nitrogens with zero attached hydrogens (tertiary/aromatic N) is 2. The maximum atomic E-state index is 13.0. The van der Waals surface area contributed by atoms with Crippen LogP contribution >= 0.6 is 11.3 Å². The maximum Gasteiger partial charge on any atom is 0.257 e. The van der Waals surface area contributed by atoms with Crippen molar-refractivity contribution >= 4 is 38.2 Å². The molecule has 0 saturated carbocycles. The van der Waals surface area contributed by atoms with E-state index in [9.17, 15) is 18.0 Å². The Morgan fingerprint density at radius 2 is 1.78 bits per heavy atom. The molecule has 2 unspecified atom stereocenters. The number of ketones is 1. The van der Waals surface area contributed by atoms with E-state index in [0.29, 0.717) is 41.5 Å². The van der Waals surface area contributed by atoms with E-state index < -0.39 is 15.9 Å². The number of carbonyl (C=O) groups excluding carboxylic acids is 2. The van der Waals surface area contributed by atoms with Crippen molar-refractivity contribution in [1.82, 2.24) is 9.29 Å². The smallest absolute Gasteiger partial charge is 0.257 e. The highest BCUT2D eigenvalue weighted by Crippen LogP contribution is 2.38. The molecule has 2 heterocycles. The van der Waals surface area contributed by atoms with Crippen LogP contribution in [-0.2, 0) is 21.2 Å². The van der Waals surface area contributed by atoms with E-state index in [1.807, 2.05) is 27.7 Å². The maximum absolute atomic E-state index is 13.0. The summed E-state index contributed by atoms with van der Waals surface area (Å²) in [5, 5.41) is 3.11. The van der Waals surface area contributed by atoms with E-state index >= 15 is 0 Å². The van der Waals surface area contributed by atoms with Crippen molar-refractivity contribution in [2.75, 3.05) is 18.4 Å². The van der Waals surface area contributed by atoms with E-state index in [1.54, 1.807) is 0 Å². The van der Waals surface area contributed by atoms with Gasteiger partial charge >= 0.3 is 0 Å². The number of sulfonamides is 1. The van der Waals surface area contributed by atoms with Crippen molar-refractivity contribution in [2.24, 2.45) is 5.41 Å². The first-order chi connectivity index (χ1) is 14.9. The van der Waals surface area contributed by atoms with Gasteiger partial charge in [0, 0.05) is 25.1 Å². The molecule has 1 saturated heterocycles. The van der Waals surface area contributed by atoms with Crippen LogP contribution in [0, 0.1) is 5.41 Å². The Labute approximate surface area is 192 Å². The molecule has 1 amide bonds. The van der Waals surface area contributed by atoms with Crippen LogP contribution in [0.5, 0.6) is 0 Å². The minimum Gasteiger partial charge on any atom is -0.373 e. The number of benzene rings is 1. The van der Waals surface area contributed by atoms with Crippen molar-refractivity contribution < 1.29 is 22.7 Å². The number of ether oxygens (including phenoxy) is 1. The monoisotopic (exact) mass is 477 g/mol. The van der Waals surface area contributed by atoms with E-state index in [1.165, 1.54) is 39.9 Å². The largest absolute Gasteiger partial charge is 0.373 e. The molecule has 4 rings (SSSR count). The summed E-state index contributed by atoms with van der Waals surface area (Å²) in [6.45, 7) is 8.32. The van der Waals surface area contributed by atoms with Gasteiger partial charge in [-0.1, -0.05) is 25.2 Å². The fraction of sp³-hybridized carbons (Fsp3) is 0.500. The summed E-state index contributed by atoms with van der Waals surface area (Å²) >= 11 is 1.19. The van der Waals surface area contributed by atoms with Crippen molar-refractivity contribution in [3.63, 3.8) is 0 Å². The van der Waals surface area contributed by atoms with Gasteiger partial charge in [-0.05, 0) is 49.9 Å². The molecule has 1 aliphatic heterocycles. The molecular formula is C22H27N3O5S2. The molecular weight excluding hydrogens is 450 g/mol. The number of Topliss-reactive ketones (excluding diaryl/α,β-unsaturated/α-hetero) is 1. The Balaban J connectivity index is 1.48. The predicted molar refractivity (Wildman–Crippen MR) is 122 cm³/mol. The molecule has 0 bridgehead atoms. The molecule has 0 radical (unpaired) electrons. The highest BCUT2D eigenvalue weighted by molar-refractivity contribution is 7.89.